The topological polar surface area (TPSA) is 149 Å². The third kappa shape index (κ3) is 4.44. The highest BCUT2D eigenvalue weighted by Gasteiger charge is 2.81. The van der Waals surface area contributed by atoms with Crippen LogP contribution in [0.25, 0.3) is 0 Å². The van der Waals surface area contributed by atoms with E-state index in [0.717, 1.165) is 49.4 Å². The molecule has 0 heterocycles. The molecular weight excluding hydrogens is 705 g/mol. The second kappa shape index (κ2) is 11.0. The van der Waals surface area contributed by atoms with Crippen LogP contribution >= 0.6 is 0 Å². The lowest BCUT2D eigenvalue weighted by molar-refractivity contribution is -0.142. The predicted octanol–water partition coefficient (Wildman–Crippen LogP) is 9.56. The highest BCUT2D eigenvalue weighted by Crippen LogP contribution is 2.83. The van der Waals surface area contributed by atoms with Crippen LogP contribution in [-0.2, 0) is 19.2 Å². The van der Waals surface area contributed by atoms with Gasteiger partial charge in [0.1, 0.15) is 0 Å². The monoisotopic (exact) mass is 777 g/mol. The van der Waals surface area contributed by atoms with Gasteiger partial charge in [0.25, 0.3) is 0 Å². The summed E-state index contributed by atoms with van der Waals surface area (Å²) < 4.78 is 0. The SMILES string of the molecule is CC1(C)[C@H]2C[C@@H]3[C@@H](C(=O)O)[C@]3(C)[C@@H]1C2.CC1(C)[C@H]2C[C@@H]3[C@@H](C(=O)O)[C@]3(C)[C@@H]1C2.CC1(C)[C@H]2C[C@@H]3[C@@H](C(=O)O)[C@]3(C)[C@@H]1C2.CC1(C)[C@H]2C[C@@H]3[C@@H](C(=O)O)[C@]3(C)[C@@H]1C2. The highest BCUT2D eigenvalue weighted by atomic mass is 16.4. The van der Waals surface area contributed by atoms with Gasteiger partial charge in [0, 0.05) is 0 Å². The summed E-state index contributed by atoms with van der Waals surface area (Å²) in [6.07, 6.45) is 9.78. The third-order valence-electron chi connectivity index (χ3n) is 23.2. The molecule has 8 heteroatoms. The largest absolute Gasteiger partial charge is 0.481 e. The molecule has 0 aliphatic heterocycles. The van der Waals surface area contributed by atoms with Crippen molar-refractivity contribution < 1.29 is 39.6 Å². The molecule has 8 nitrogen and oxygen atoms in total. The van der Waals surface area contributed by atoms with Gasteiger partial charge in [0.15, 0.2) is 0 Å². The lowest BCUT2D eigenvalue weighted by Gasteiger charge is -2.59. The van der Waals surface area contributed by atoms with E-state index in [0.29, 0.717) is 69.0 Å². The first-order valence-corrected chi connectivity index (χ1v) is 22.5. The Morgan fingerprint density at radius 1 is 0.321 bits per heavy atom. The molecule has 56 heavy (non-hydrogen) atoms. The van der Waals surface area contributed by atoms with E-state index >= 15 is 0 Å². The van der Waals surface area contributed by atoms with Crippen LogP contribution in [-0.4, -0.2) is 44.3 Å². The van der Waals surface area contributed by atoms with Gasteiger partial charge in [-0.15, -0.1) is 0 Å². The lowest BCUT2D eigenvalue weighted by Crippen LogP contribution is -2.52. The summed E-state index contributed by atoms with van der Waals surface area (Å²) in [5.74, 6) is 5.52. The molecule has 0 radical (unpaired) electrons. The lowest BCUT2D eigenvalue weighted by atomic mass is 9.45. The van der Waals surface area contributed by atoms with Crippen molar-refractivity contribution in [2.24, 2.45) is 138 Å². The number of carboxylic acid groups (broad SMARTS) is 4. The normalized spacial score (nSPS) is 57.1. The quantitative estimate of drug-likeness (QED) is 0.221. The second-order valence-corrected chi connectivity index (χ2v) is 25.3. The van der Waals surface area contributed by atoms with E-state index in [4.69, 9.17) is 20.4 Å². The molecule has 0 spiro atoms. The number of carbonyl (C=O) groups is 4. The molecule has 16 saturated carbocycles. The zero-order valence-electron chi connectivity index (χ0n) is 36.3. The molecule has 312 valence electrons. The standard InChI is InChI=1S/4C12H18O2/c4*1-11(2)6-4-7-9(10(13)14)12(7,3)8(11)5-6/h4*6-9H,4-5H2,1-3H3,(H,13,14)/t4*6-,7+,8+,9-,12-/m0000/s1. The van der Waals surface area contributed by atoms with Crippen LogP contribution < -0.4 is 0 Å². The molecule has 0 amide bonds. The summed E-state index contributed by atoms with van der Waals surface area (Å²) in [7, 11) is 0. The Morgan fingerprint density at radius 2 is 0.482 bits per heavy atom. The van der Waals surface area contributed by atoms with Crippen LogP contribution in [0.5, 0.6) is 0 Å². The van der Waals surface area contributed by atoms with E-state index in [2.05, 4.69) is 83.1 Å². The first kappa shape index (κ1) is 39.3. The van der Waals surface area contributed by atoms with Crippen molar-refractivity contribution in [2.75, 3.05) is 0 Å². The van der Waals surface area contributed by atoms with Gasteiger partial charge in [-0.1, -0.05) is 83.1 Å². The Hall–Kier alpha value is -2.12. The first-order chi connectivity index (χ1) is 25.6. The molecule has 0 aromatic carbocycles. The van der Waals surface area contributed by atoms with Gasteiger partial charge < -0.3 is 20.4 Å². The van der Waals surface area contributed by atoms with Gasteiger partial charge >= 0.3 is 23.9 Å². The predicted molar refractivity (Wildman–Crippen MR) is 211 cm³/mol. The third-order valence-corrected chi connectivity index (χ3v) is 23.2. The van der Waals surface area contributed by atoms with Crippen molar-refractivity contribution in [2.45, 2.75) is 134 Å². The summed E-state index contributed by atoms with van der Waals surface area (Å²) in [5, 5.41) is 36.6. The average molecular weight is 777 g/mol. The number of hydrogen-bond donors (Lipinski definition) is 4. The molecule has 16 aliphatic carbocycles. The van der Waals surface area contributed by atoms with Gasteiger partial charge in [-0.25, -0.2) is 0 Å². The Morgan fingerprint density at radius 3 is 0.589 bits per heavy atom. The Kier molecular flexibility index (Phi) is 7.71. The van der Waals surface area contributed by atoms with Crippen molar-refractivity contribution in [3.8, 4) is 0 Å². The molecule has 0 unspecified atom stereocenters. The fourth-order valence-electron chi connectivity index (χ4n) is 18.8. The summed E-state index contributed by atoms with van der Waals surface area (Å²) in [6.45, 7) is 27.4. The molecule has 16 rings (SSSR count). The average Bonchev–Trinajstić information content (AvgIpc) is 4.00. The van der Waals surface area contributed by atoms with E-state index in [-0.39, 0.29) is 45.3 Å². The molecule has 8 bridgehead atoms. The van der Waals surface area contributed by atoms with Crippen molar-refractivity contribution >= 4 is 23.9 Å². The molecule has 0 aromatic heterocycles. The van der Waals surface area contributed by atoms with E-state index < -0.39 is 23.9 Å². The maximum atomic E-state index is 11.1. The van der Waals surface area contributed by atoms with Crippen LogP contribution in [0, 0.1) is 138 Å². The Labute approximate surface area is 335 Å². The fourth-order valence-corrected chi connectivity index (χ4v) is 18.8. The number of carboxylic acids is 4. The van der Waals surface area contributed by atoms with Gasteiger partial charge in [-0.2, -0.15) is 0 Å². The van der Waals surface area contributed by atoms with Crippen molar-refractivity contribution in [3.05, 3.63) is 0 Å². The minimum Gasteiger partial charge on any atom is -0.481 e. The van der Waals surface area contributed by atoms with Crippen LogP contribution in [0.2, 0.25) is 0 Å². The summed E-state index contributed by atoms with van der Waals surface area (Å²) >= 11 is 0. The molecule has 16 fully saturated rings. The van der Waals surface area contributed by atoms with Crippen molar-refractivity contribution in [3.63, 3.8) is 0 Å². The zero-order chi connectivity index (χ0) is 41.2. The highest BCUT2D eigenvalue weighted by molar-refractivity contribution is 5.78. The van der Waals surface area contributed by atoms with Gasteiger partial charge in [-0.05, 0) is 166 Å². The van der Waals surface area contributed by atoms with E-state index in [1.165, 1.54) is 25.7 Å². The molecule has 0 aromatic rings. The first-order valence-electron chi connectivity index (χ1n) is 22.5. The molecule has 4 N–H and O–H groups in total. The molecule has 0 saturated heterocycles. The van der Waals surface area contributed by atoms with E-state index in [1.54, 1.807) is 0 Å². The van der Waals surface area contributed by atoms with Crippen LogP contribution in [0.4, 0.5) is 0 Å². The van der Waals surface area contributed by atoms with E-state index in [1.807, 2.05) is 0 Å². The Bertz CT molecular complexity index is 1540. The van der Waals surface area contributed by atoms with Crippen molar-refractivity contribution in [1.82, 2.24) is 0 Å². The minimum absolute atomic E-state index is 0.0284. The summed E-state index contributed by atoms with van der Waals surface area (Å²) in [4.78, 5) is 44.4. The van der Waals surface area contributed by atoms with Crippen molar-refractivity contribution in [1.29, 1.82) is 0 Å². The zero-order valence-corrected chi connectivity index (χ0v) is 36.3. The van der Waals surface area contributed by atoms with Crippen LogP contribution in [0.15, 0.2) is 0 Å². The van der Waals surface area contributed by atoms with Gasteiger partial charge in [0.05, 0.1) is 23.7 Å². The smallest absolute Gasteiger partial charge is 0.307 e. The summed E-state index contributed by atoms with van der Waals surface area (Å²) in [6, 6.07) is 0. The van der Waals surface area contributed by atoms with Crippen LogP contribution in [0.3, 0.4) is 0 Å². The molecular formula is C48H72O8. The number of hydrogen-bond acceptors (Lipinski definition) is 4. The minimum atomic E-state index is -0.555. The van der Waals surface area contributed by atoms with E-state index in [9.17, 15) is 19.2 Å². The maximum absolute atomic E-state index is 11.1. The van der Waals surface area contributed by atoms with Crippen LogP contribution in [0.1, 0.15) is 134 Å². The van der Waals surface area contributed by atoms with Gasteiger partial charge in [-0.3, -0.25) is 19.2 Å². The Balaban J connectivity index is 0.0000000975. The number of aliphatic carboxylic acids is 4. The number of rotatable bonds is 4. The fraction of sp³-hybridized carbons (Fsp3) is 0.917. The summed E-state index contributed by atoms with van der Waals surface area (Å²) in [5.41, 5.74) is 2.22. The maximum Gasteiger partial charge on any atom is 0.307 e. The second-order valence-electron chi connectivity index (χ2n) is 25.3. The molecule has 16 aliphatic rings. The molecule has 20 atom stereocenters. The van der Waals surface area contributed by atoms with Gasteiger partial charge in [0.2, 0.25) is 0 Å².